The Morgan fingerprint density at radius 2 is 1.56 bits per heavy atom. The lowest BCUT2D eigenvalue weighted by atomic mass is 9.93. The van der Waals surface area contributed by atoms with E-state index < -0.39 is 11.9 Å². The van der Waals surface area contributed by atoms with Gasteiger partial charge < -0.3 is 28.4 Å². The van der Waals surface area contributed by atoms with E-state index in [-0.39, 0.29) is 13.1 Å². The Morgan fingerprint density at radius 3 is 2.15 bits per heavy atom. The molecule has 204 valence electrons. The van der Waals surface area contributed by atoms with Crippen LogP contribution in [-0.4, -0.2) is 74.5 Å². The van der Waals surface area contributed by atoms with Crippen molar-refractivity contribution >= 4 is 34.3 Å². The van der Waals surface area contributed by atoms with Gasteiger partial charge in [0.2, 0.25) is 5.36 Å². The van der Waals surface area contributed by atoms with E-state index in [0.717, 1.165) is 44.5 Å². The number of rotatable bonds is 8. The lowest BCUT2D eigenvalue weighted by Gasteiger charge is -2.25. The van der Waals surface area contributed by atoms with Gasteiger partial charge in [-0.2, -0.15) is 0 Å². The molecule has 0 fully saturated rings. The van der Waals surface area contributed by atoms with Crippen molar-refractivity contribution in [3.05, 3.63) is 60.0 Å². The molecule has 0 saturated carbocycles. The molecule has 9 heteroatoms. The summed E-state index contributed by atoms with van der Waals surface area (Å²) >= 11 is 0. The summed E-state index contributed by atoms with van der Waals surface area (Å²) in [7, 11) is 12.1. The summed E-state index contributed by atoms with van der Waals surface area (Å²) in [4.78, 5) is 27.9. The second-order valence-corrected chi connectivity index (χ2v) is 9.52. The predicted octanol–water partition coefficient (Wildman–Crippen LogP) is 3.46. The molecule has 1 aliphatic heterocycles. The number of benzene rings is 3. The van der Waals surface area contributed by atoms with Crippen LogP contribution in [0.15, 0.2) is 59.0 Å². The molecule has 0 spiro atoms. The number of fused-ring (bicyclic) bond motifs is 2. The van der Waals surface area contributed by atoms with Gasteiger partial charge in [-0.25, -0.2) is 4.58 Å². The number of hydrogen-bond acceptors (Lipinski definition) is 8. The van der Waals surface area contributed by atoms with E-state index in [1.165, 1.54) is 14.2 Å². The van der Waals surface area contributed by atoms with Crippen LogP contribution in [0.25, 0.3) is 33.4 Å². The third-order valence-corrected chi connectivity index (χ3v) is 6.63. The number of nitrogens with zero attached hydrogens (tertiary/aromatic N) is 3. The summed E-state index contributed by atoms with van der Waals surface area (Å²) in [6, 6.07) is 18.0. The molecule has 0 radical (unpaired) electrons. The molecule has 2 aromatic carbocycles. The number of ether oxygens (including phenoxy) is 3. The first kappa shape index (κ1) is 27.5. The highest BCUT2D eigenvalue weighted by Crippen LogP contribution is 2.43. The van der Waals surface area contributed by atoms with Crippen LogP contribution in [0, 0.1) is 0 Å². The molecule has 0 unspecified atom stereocenters. The maximum absolute atomic E-state index is 12.1. The first-order valence-electron chi connectivity index (χ1n) is 12.4. The van der Waals surface area contributed by atoms with Gasteiger partial charge in [-0.15, -0.1) is 0 Å². The summed E-state index contributed by atoms with van der Waals surface area (Å²) in [6.45, 7) is -0.282. The Kier molecular flexibility index (Phi) is 8.09. The molecule has 4 rings (SSSR count). The van der Waals surface area contributed by atoms with E-state index in [2.05, 4.69) is 24.3 Å². The molecule has 2 aromatic rings. The fourth-order valence-corrected chi connectivity index (χ4v) is 4.50. The monoisotopic (exact) mass is 532 g/mol. The van der Waals surface area contributed by atoms with Crippen LogP contribution in [0.3, 0.4) is 0 Å². The van der Waals surface area contributed by atoms with Crippen molar-refractivity contribution in [2.75, 3.05) is 72.4 Å². The number of carbonyl (C=O) groups excluding carboxylic acids is 2. The summed E-state index contributed by atoms with van der Waals surface area (Å²) < 4.78 is 23.9. The van der Waals surface area contributed by atoms with Gasteiger partial charge in [0, 0.05) is 48.4 Å². The van der Waals surface area contributed by atoms with E-state index in [9.17, 15) is 9.59 Å². The lowest BCUT2D eigenvalue weighted by molar-refractivity contribution is -0.140. The van der Waals surface area contributed by atoms with Crippen molar-refractivity contribution in [1.29, 1.82) is 0 Å². The molecule has 1 aliphatic carbocycles. The maximum Gasteiger partial charge on any atom is 0.325 e. The Balaban J connectivity index is 1.96. The molecular weight excluding hydrogens is 498 g/mol. The SMILES string of the molecule is COC(=O)CN(CC(=O)OC)c1ccc(-c2c3ccc(=[N+](C)C)cc-3oc3cc(N(C)C)ccc23)cc1OC. The zero-order chi connectivity index (χ0) is 28.3. The summed E-state index contributed by atoms with van der Waals surface area (Å²) in [5.74, 6) is 0.276. The van der Waals surface area contributed by atoms with Crippen LogP contribution in [-0.2, 0) is 19.1 Å². The van der Waals surface area contributed by atoms with Crippen molar-refractivity contribution in [3.63, 3.8) is 0 Å². The Hall–Kier alpha value is -4.53. The zero-order valence-corrected chi connectivity index (χ0v) is 23.4. The fourth-order valence-electron chi connectivity index (χ4n) is 4.50. The van der Waals surface area contributed by atoms with E-state index in [1.54, 1.807) is 12.0 Å². The van der Waals surface area contributed by atoms with Crippen LogP contribution in [0.2, 0.25) is 0 Å². The van der Waals surface area contributed by atoms with E-state index in [1.807, 2.05) is 68.0 Å². The zero-order valence-electron chi connectivity index (χ0n) is 23.4. The molecule has 2 aliphatic rings. The molecule has 0 saturated heterocycles. The van der Waals surface area contributed by atoms with Crippen molar-refractivity contribution in [1.82, 2.24) is 4.58 Å². The van der Waals surface area contributed by atoms with Gasteiger partial charge in [0.25, 0.3) is 0 Å². The summed E-state index contributed by atoms with van der Waals surface area (Å²) in [6.07, 6.45) is 0. The van der Waals surface area contributed by atoms with Crippen LogP contribution in [0.4, 0.5) is 11.4 Å². The van der Waals surface area contributed by atoms with Gasteiger partial charge in [0.1, 0.15) is 44.3 Å². The average molecular weight is 533 g/mol. The molecule has 1 heterocycles. The van der Waals surface area contributed by atoms with E-state index >= 15 is 0 Å². The standard InChI is InChI=1S/C30H34N3O6/c1-31(2)20-9-11-22-25(15-20)39-26-16-21(32(3)4)10-12-23(26)30(22)19-8-13-24(27(14-19)36-5)33(17-28(34)37-6)18-29(35)38-7/h8-16H,17-18H2,1-7H3/q+1. The number of hydrogen-bond donors (Lipinski definition) is 0. The highest BCUT2D eigenvalue weighted by atomic mass is 16.5. The highest BCUT2D eigenvalue weighted by Gasteiger charge is 2.23. The molecule has 9 nitrogen and oxygen atoms in total. The summed E-state index contributed by atoms with van der Waals surface area (Å²) in [5, 5.41) is 1.97. The lowest BCUT2D eigenvalue weighted by Crippen LogP contribution is -2.35. The first-order chi connectivity index (χ1) is 18.7. The van der Waals surface area contributed by atoms with Crippen molar-refractivity contribution in [2.24, 2.45) is 0 Å². The molecule has 0 bridgehead atoms. The molecule has 0 amide bonds. The average Bonchev–Trinajstić information content (AvgIpc) is 2.94. The van der Waals surface area contributed by atoms with Gasteiger partial charge in [0.05, 0.1) is 33.1 Å². The number of anilines is 2. The quantitative estimate of drug-likeness (QED) is 0.194. The minimum Gasteiger partial charge on any atom is -0.495 e. The second-order valence-electron chi connectivity index (χ2n) is 9.52. The Labute approximate surface area is 227 Å². The largest absolute Gasteiger partial charge is 0.495 e. The van der Waals surface area contributed by atoms with Gasteiger partial charge in [0.15, 0.2) is 0 Å². The van der Waals surface area contributed by atoms with Crippen molar-refractivity contribution in [3.8, 4) is 28.2 Å². The van der Waals surface area contributed by atoms with Crippen LogP contribution < -0.4 is 24.5 Å². The van der Waals surface area contributed by atoms with E-state index in [0.29, 0.717) is 11.4 Å². The molecule has 0 N–H and O–H groups in total. The van der Waals surface area contributed by atoms with Crippen molar-refractivity contribution < 1.29 is 28.2 Å². The van der Waals surface area contributed by atoms with E-state index in [4.69, 9.17) is 18.6 Å². The van der Waals surface area contributed by atoms with Crippen molar-refractivity contribution in [2.45, 2.75) is 0 Å². The maximum atomic E-state index is 12.1. The van der Waals surface area contributed by atoms with Gasteiger partial charge in [-0.05, 0) is 35.9 Å². The third kappa shape index (κ3) is 5.67. The molecular formula is C30H34N3O6+. The van der Waals surface area contributed by atoms with Crippen LogP contribution in [0.5, 0.6) is 5.75 Å². The van der Waals surface area contributed by atoms with Crippen LogP contribution >= 0.6 is 0 Å². The summed E-state index contributed by atoms with van der Waals surface area (Å²) in [5.41, 5.74) is 5.17. The normalized spacial score (nSPS) is 10.8. The smallest absolute Gasteiger partial charge is 0.325 e. The minimum absolute atomic E-state index is 0.141. The molecule has 0 atom stereocenters. The first-order valence-corrected chi connectivity index (χ1v) is 12.4. The van der Waals surface area contributed by atoms with Gasteiger partial charge in [-0.3, -0.25) is 9.59 Å². The Morgan fingerprint density at radius 1 is 0.872 bits per heavy atom. The number of methoxy groups -OCH3 is 3. The third-order valence-electron chi connectivity index (χ3n) is 6.63. The van der Waals surface area contributed by atoms with Crippen LogP contribution in [0.1, 0.15) is 0 Å². The molecule has 39 heavy (non-hydrogen) atoms. The Bertz CT molecular complexity index is 1550. The number of esters is 2. The second kappa shape index (κ2) is 11.5. The predicted molar refractivity (Wildman–Crippen MR) is 153 cm³/mol. The minimum atomic E-state index is -0.486. The fraction of sp³-hybridized carbons (Fsp3) is 0.300. The van der Waals surface area contributed by atoms with Gasteiger partial charge in [-0.1, -0.05) is 6.07 Å². The molecule has 0 aromatic heterocycles. The van der Waals surface area contributed by atoms with Gasteiger partial charge >= 0.3 is 11.9 Å². The highest BCUT2D eigenvalue weighted by molar-refractivity contribution is 6.03. The number of carbonyl (C=O) groups is 2. The topological polar surface area (TPSA) is 84.5 Å².